The first kappa shape index (κ1) is 17.1. The molecule has 1 aromatic rings. The highest BCUT2D eigenvalue weighted by Crippen LogP contribution is 2.21. The Kier molecular flexibility index (Phi) is 6.18. The van der Waals surface area contributed by atoms with Crippen molar-refractivity contribution in [2.75, 3.05) is 0 Å². The van der Waals surface area contributed by atoms with Crippen molar-refractivity contribution in [2.45, 2.75) is 47.1 Å². The molecule has 0 aliphatic rings. The summed E-state index contributed by atoms with van der Waals surface area (Å²) in [7, 11) is 0. The molecule has 0 heterocycles. The normalized spacial score (nSPS) is 10.2. The Hall–Kier alpha value is -1.91. The number of benzene rings is 1. The summed E-state index contributed by atoms with van der Waals surface area (Å²) in [5.74, 6) is -0.555. The number of hydrogen-bond donors (Lipinski definition) is 0. The second-order valence-corrected chi connectivity index (χ2v) is 4.76. The molecule has 0 atom stereocenters. The standard InChI is InChI=1S/C12H15NO4.C2H6/c1-8-5-6-9(7-10(8)13(15)16)11(14)17-12(2,3)4;1-2/h5-7H,1-4H3;1-2H3. The van der Waals surface area contributed by atoms with Crippen LogP contribution >= 0.6 is 0 Å². The van der Waals surface area contributed by atoms with Crippen LogP contribution < -0.4 is 0 Å². The van der Waals surface area contributed by atoms with Crippen molar-refractivity contribution < 1.29 is 14.5 Å². The molecule has 0 spiro atoms. The van der Waals surface area contributed by atoms with Crippen LogP contribution in [0.15, 0.2) is 18.2 Å². The summed E-state index contributed by atoms with van der Waals surface area (Å²) in [5, 5.41) is 10.7. The number of carbonyl (C=O) groups is 1. The van der Waals surface area contributed by atoms with Gasteiger partial charge in [-0.05, 0) is 33.8 Å². The van der Waals surface area contributed by atoms with E-state index in [-0.39, 0.29) is 11.3 Å². The Balaban J connectivity index is 0.00000154. The van der Waals surface area contributed by atoms with Gasteiger partial charge in [0, 0.05) is 11.6 Å². The van der Waals surface area contributed by atoms with Crippen molar-refractivity contribution in [1.82, 2.24) is 0 Å². The average molecular weight is 267 g/mol. The van der Waals surface area contributed by atoms with Crippen LogP contribution in [0.2, 0.25) is 0 Å². The molecule has 106 valence electrons. The highest BCUT2D eigenvalue weighted by Gasteiger charge is 2.20. The van der Waals surface area contributed by atoms with Gasteiger partial charge in [0.05, 0.1) is 10.5 Å². The molecule has 1 rings (SSSR count). The SMILES string of the molecule is CC.Cc1ccc(C(=O)OC(C)(C)C)cc1[N+](=O)[O-]. The monoisotopic (exact) mass is 267 g/mol. The molecule has 0 unspecified atom stereocenters. The van der Waals surface area contributed by atoms with E-state index in [1.807, 2.05) is 13.8 Å². The molecule has 0 saturated carbocycles. The number of esters is 1. The fourth-order valence-corrected chi connectivity index (χ4v) is 1.27. The maximum absolute atomic E-state index is 11.7. The molecule has 0 aromatic heterocycles. The maximum atomic E-state index is 11.7. The Morgan fingerprint density at radius 2 is 1.79 bits per heavy atom. The molecule has 0 fully saturated rings. The summed E-state index contributed by atoms with van der Waals surface area (Å²) in [6.45, 7) is 10.9. The number of aryl methyl sites for hydroxylation is 1. The van der Waals surface area contributed by atoms with Gasteiger partial charge in [-0.15, -0.1) is 0 Å². The number of nitrogens with zero attached hydrogens (tertiary/aromatic N) is 1. The number of nitro benzene ring substituents is 1. The minimum absolute atomic E-state index is 0.0756. The van der Waals surface area contributed by atoms with Crippen LogP contribution in [0, 0.1) is 17.0 Å². The van der Waals surface area contributed by atoms with Gasteiger partial charge in [0.25, 0.3) is 5.69 Å². The molecule has 0 aliphatic heterocycles. The molecule has 0 aliphatic carbocycles. The first-order chi connectivity index (χ1) is 8.70. The van der Waals surface area contributed by atoms with Gasteiger partial charge in [0.1, 0.15) is 5.60 Å². The van der Waals surface area contributed by atoms with Gasteiger partial charge >= 0.3 is 5.97 Å². The third-order valence-electron chi connectivity index (χ3n) is 2.04. The van der Waals surface area contributed by atoms with Crippen molar-refractivity contribution in [3.63, 3.8) is 0 Å². The topological polar surface area (TPSA) is 69.4 Å². The number of carbonyl (C=O) groups excluding carboxylic acids is 1. The second kappa shape index (κ2) is 6.87. The second-order valence-electron chi connectivity index (χ2n) is 4.76. The third kappa shape index (κ3) is 5.50. The Morgan fingerprint density at radius 1 is 1.26 bits per heavy atom. The van der Waals surface area contributed by atoms with Crippen LogP contribution in [0.5, 0.6) is 0 Å². The lowest BCUT2D eigenvalue weighted by Crippen LogP contribution is -2.23. The number of rotatable bonds is 2. The molecule has 0 radical (unpaired) electrons. The van der Waals surface area contributed by atoms with Gasteiger partial charge in [0.2, 0.25) is 0 Å². The lowest BCUT2D eigenvalue weighted by molar-refractivity contribution is -0.385. The average Bonchev–Trinajstić information content (AvgIpc) is 2.29. The van der Waals surface area contributed by atoms with Gasteiger partial charge < -0.3 is 4.74 Å². The highest BCUT2D eigenvalue weighted by molar-refractivity contribution is 5.90. The predicted molar refractivity (Wildman–Crippen MR) is 74.3 cm³/mol. The van der Waals surface area contributed by atoms with E-state index in [1.54, 1.807) is 27.7 Å². The van der Waals surface area contributed by atoms with Crippen molar-refractivity contribution in [3.05, 3.63) is 39.4 Å². The summed E-state index contributed by atoms with van der Waals surface area (Å²) < 4.78 is 5.14. The zero-order chi connectivity index (χ0) is 15.2. The zero-order valence-corrected chi connectivity index (χ0v) is 12.3. The van der Waals surface area contributed by atoms with Gasteiger partial charge in [-0.2, -0.15) is 0 Å². The summed E-state index contributed by atoms with van der Waals surface area (Å²) >= 11 is 0. The van der Waals surface area contributed by atoms with Gasteiger partial charge in [-0.3, -0.25) is 10.1 Å². The minimum atomic E-state index is -0.614. The first-order valence-electron chi connectivity index (χ1n) is 6.19. The van der Waals surface area contributed by atoms with E-state index in [0.29, 0.717) is 5.56 Å². The molecule has 0 bridgehead atoms. The molecular weight excluding hydrogens is 246 g/mol. The van der Waals surface area contributed by atoms with Crippen LogP contribution in [0.25, 0.3) is 0 Å². The van der Waals surface area contributed by atoms with Crippen molar-refractivity contribution >= 4 is 11.7 Å². The summed E-state index contributed by atoms with van der Waals surface area (Å²) in [4.78, 5) is 21.9. The van der Waals surface area contributed by atoms with E-state index in [2.05, 4.69) is 0 Å². The molecule has 19 heavy (non-hydrogen) atoms. The Bertz CT molecular complexity index is 461. The lowest BCUT2D eigenvalue weighted by Gasteiger charge is -2.19. The van der Waals surface area contributed by atoms with Crippen molar-refractivity contribution in [3.8, 4) is 0 Å². The fourth-order valence-electron chi connectivity index (χ4n) is 1.27. The van der Waals surface area contributed by atoms with Crippen LogP contribution in [-0.2, 0) is 4.74 Å². The molecule has 1 aromatic carbocycles. The van der Waals surface area contributed by atoms with Crippen molar-refractivity contribution in [1.29, 1.82) is 0 Å². The van der Waals surface area contributed by atoms with E-state index in [4.69, 9.17) is 4.74 Å². The molecule has 0 N–H and O–H groups in total. The Labute approximate surface area is 113 Å². The van der Waals surface area contributed by atoms with Crippen LogP contribution in [0.3, 0.4) is 0 Å². The van der Waals surface area contributed by atoms with Gasteiger partial charge in [0.15, 0.2) is 0 Å². The largest absolute Gasteiger partial charge is 0.456 e. The minimum Gasteiger partial charge on any atom is -0.456 e. The molecule has 0 saturated heterocycles. The van der Waals surface area contributed by atoms with Crippen molar-refractivity contribution in [2.24, 2.45) is 0 Å². The molecule has 5 heteroatoms. The number of nitro groups is 1. The summed E-state index contributed by atoms with van der Waals surface area (Å²) in [6.07, 6.45) is 0. The quantitative estimate of drug-likeness (QED) is 0.463. The van der Waals surface area contributed by atoms with E-state index in [1.165, 1.54) is 18.2 Å². The van der Waals surface area contributed by atoms with E-state index < -0.39 is 16.5 Å². The van der Waals surface area contributed by atoms with Gasteiger partial charge in [-0.25, -0.2) is 4.79 Å². The fraction of sp³-hybridized carbons (Fsp3) is 0.500. The maximum Gasteiger partial charge on any atom is 0.338 e. The smallest absolute Gasteiger partial charge is 0.338 e. The number of hydrogen-bond acceptors (Lipinski definition) is 4. The van der Waals surface area contributed by atoms with E-state index >= 15 is 0 Å². The molecule has 5 nitrogen and oxygen atoms in total. The number of ether oxygens (including phenoxy) is 1. The summed E-state index contributed by atoms with van der Waals surface area (Å²) in [6, 6.07) is 4.30. The van der Waals surface area contributed by atoms with Crippen LogP contribution in [-0.4, -0.2) is 16.5 Å². The zero-order valence-electron chi connectivity index (χ0n) is 12.3. The van der Waals surface area contributed by atoms with Crippen LogP contribution in [0.4, 0.5) is 5.69 Å². The third-order valence-corrected chi connectivity index (χ3v) is 2.04. The van der Waals surface area contributed by atoms with Crippen LogP contribution in [0.1, 0.15) is 50.5 Å². The lowest BCUT2D eigenvalue weighted by atomic mass is 10.1. The highest BCUT2D eigenvalue weighted by atomic mass is 16.6. The first-order valence-corrected chi connectivity index (χ1v) is 6.19. The van der Waals surface area contributed by atoms with Gasteiger partial charge in [-0.1, -0.05) is 19.9 Å². The Morgan fingerprint density at radius 3 is 2.21 bits per heavy atom. The molecule has 0 amide bonds. The van der Waals surface area contributed by atoms with E-state index in [9.17, 15) is 14.9 Å². The predicted octanol–water partition coefficient (Wildman–Crippen LogP) is 3.88. The summed E-state index contributed by atoms with van der Waals surface area (Å²) in [5.41, 5.74) is 0.0180. The van der Waals surface area contributed by atoms with E-state index in [0.717, 1.165) is 0 Å². The molecular formula is C14H21NO4.